The first-order chi connectivity index (χ1) is 8.52. The normalized spacial score (nSPS) is 13.7. The molecule has 1 heterocycles. The van der Waals surface area contributed by atoms with Gasteiger partial charge in [-0.15, -0.1) is 0 Å². The van der Waals surface area contributed by atoms with Crippen LogP contribution in [0.25, 0.3) is 11.0 Å². The maximum atomic E-state index is 5.84. The van der Waals surface area contributed by atoms with E-state index in [0.717, 1.165) is 16.9 Å². The van der Waals surface area contributed by atoms with Gasteiger partial charge >= 0.3 is 0 Å². The molecule has 18 heavy (non-hydrogen) atoms. The second kappa shape index (κ2) is 5.08. The highest BCUT2D eigenvalue weighted by Gasteiger charge is 2.14. The Morgan fingerprint density at radius 3 is 2.61 bits per heavy atom. The van der Waals surface area contributed by atoms with Gasteiger partial charge in [-0.05, 0) is 31.8 Å². The van der Waals surface area contributed by atoms with Crippen LogP contribution in [0.1, 0.15) is 37.2 Å². The minimum atomic E-state index is 0.250. The van der Waals surface area contributed by atoms with Crippen molar-refractivity contribution in [2.45, 2.75) is 25.8 Å². The summed E-state index contributed by atoms with van der Waals surface area (Å²) in [5.74, 6) is 1.45. The number of hydrogen-bond acceptors (Lipinski definition) is 3. The van der Waals surface area contributed by atoms with Gasteiger partial charge in [0.15, 0.2) is 0 Å². The molecule has 0 aliphatic rings. The predicted molar refractivity (Wildman–Crippen MR) is 75.7 cm³/mol. The Kier molecular flexibility index (Phi) is 3.68. The molecule has 3 N–H and O–H groups in total. The SMILES string of the molecule is CC(C)c1nc2ccc(C(CN)N(C)C)cc2[nH]1. The van der Waals surface area contributed by atoms with Crippen molar-refractivity contribution in [3.63, 3.8) is 0 Å². The first-order valence-electron chi connectivity index (χ1n) is 6.39. The molecule has 0 spiro atoms. The van der Waals surface area contributed by atoms with Gasteiger partial charge in [-0.2, -0.15) is 0 Å². The van der Waals surface area contributed by atoms with Crippen LogP contribution >= 0.6 is 0 Å². The number of nitrogens with two attached hydrogens (primary N) is 1. The number of benzene rings is 1. The molecular weight excluding hydrogens is 224 g/mol. The predicted octanol–water partition coefficient (Wildman–Crippen LogP) is 2.25. The molecule has 1 aromatic heterocycles. The molecule has 0 aliphatic carbocycles. The molecule has 0 radical (unpaired) electrons. The van der Waals surface area contributed by atoms with Gasteiger partial charge in [-0.1, -0.05) is 19.9 Å². The lowest BCUT2D eigenvalue weighted by Crippen LogP contribution is -2.27. The van der Waals surface area contributed by atoms with E-state index in [0.29, 0.717) is 12.5 Å². The number of likely N-dealkylation sites (N-methyl/N-ethyl adjacent to an activating group) is 1. The van der Waals surface area contributed by atoms with Crippen LogP contribution in [0.2, 0.25) is 0 Å². The van der Waals surface area contributed by atoms with Gasteiger partial charge in [0.25, 0.3) is 0 Å². The third kappa shape index (κ3) is 2.40. The maximum Gasteiger partial charge on any atom is 0.109 e. The number of nitrogens with zero attached hydrogens (tertiary/aromatic N) is 2. The van der Waals surface area contributed by atoms with Crippen LogP contribution in [0.15, 0.2) is 18.2 Å². The summed E-state index contributed by atoms with van der Waals surface area (Å²) in [5.41, 5.74) is 9.19. The molecule has 98 valence electrons. The Labute approximate surface area is 108 Å². The Morgan fingerprint density at radius 2 is 2.06 bits per heavy atom. The molecule has 0 amide bonds. The number of aromatic amines is 1. The summed E-state index contributed by atoms with van der Waals surface area (Å²) >= 11 is 0. The van der Waals surface area contributed by atoms with Crippen molar-refractivity contribution in [2.75, 3.05) is 20.6 Å². The highest BCUT2D eigenvalue weighted by atomic mass is 15.1. The summed E-state index contributed by atoms with van der Waals surface area (Å²) in [7, 11) is 4.10. The standard InChI is InChI=1S/C14H22N4/c1-9(2)14-16-11-6-5-10(7-12(11)17-14)13(8-15)18(3)4/h5-7,9,13H,8,15H2,1-4H3,(H,16,17). The Bertz CT molecular complexity index is 528. The van der Waals surface area contributed by atoms with Crippen molar-refractivity contribution >= 4 is 11.0 Å². The summed E-state index contributed by atoms with van der Waals surface area (Å²) in [6.45, 7) is 4.89. The molecule has 0 fully saturated rings. The van der Waals surface area contributed by atoms with Crippen LogP contribution in [0.4, 0.5) is 0 Å². The third-order valence-electron chi connectivity index (χ3n) is 3.30. The number of rotatable bonds is 4. The minimum Gasteiger partial charge on any atom is -0.342 e. The van der Waals surface area contributed by atoms with Crippen LogP contribution in [-0.2, 0) is 0 Å². The second-order valence-electron chi connectivity index (χ2n) is 5.27. The highest BCUT2D eigenvalue weighted by Crippen LogP contribution is 2.23. The fourth-order valence-electron chi connectivity index (χ4n) is 2.17. The van der Waals surface area contributed by atoms with Crippen LogP contribution in [-0.4, -0.2) is 35.5 Å². The number of imidazole rings is 1. The highest BCUT2D eigenvalue weighted by molar-refractivity contribution is 5.76. The van der Waals surface area contributed by atoms with E-state index in [1.165, 1.54) is 5.56 Å². The van der Waals surface area contributed by atoms with Crippen molar-refractivity contribution in [2.24, 2.45) is 5.73 Å². The molecular formula is C14H22N4. The van der Waals surface area contributed by atoms with Gasteiger partial charge < -0.3 is 15.6 Å². The van der Waals surface area contributed by atoms with Crippen LogP contribution < -0.4 is 5.73 Å². The van der Waals surface area contributed by atoms with E-state index in [4.69, 9.17) is 5.73 Å². The Hall–Kier alpha value is -1.39. The number of fused-ring (bicyclic) bond motifs is 1. The molecule has 0 aliphatic heterocycles. The third-order valence-corrected chi connectivity index (χ3v) is 3.30. The second-order valence-corrected chi connectivity index (χ2v) is 5.27. The molecule has 1 unspecified atom stereocenters. The van der Waals surface area contributed by atoms with Crippen molar-refractivity contribution in [1.29, 1.82) is 0 Å². The van der Waals surface area contributed by atoms with Gasteiger partial charge in [0, 0.05) is 18.5 Å². The summed E-state index contributed by atoms with van der Waals surface area (Å²) in [6.07, 6.45) is 0. The average Bonchev–Trinajstić information content (AvgIpc) is 2.72. The molecule has 1 aromatic carbocycles. The molecule has 4 heteroatoms. The zero-order valence-corrected chi connectivity index (χ0v) is 11.6. The lowest BCUT2D eigenvalue weighted by Gasteiger charge is -2.22. The Morgan fingerprint density at radius 1 is 1.33 bits per heavy atom. The van der Waals surface area contributed by atoms with Crippen molar-refractivity contribution < 1.29 is 0 Å². The quantitative estimate of drug-likeness (QED) is 0.870. The monoisotopic (exact) mass is 246 g/mol. The average molecular weight is 246 g/mol. The van der Waals surface area contributed by atoms with E-state index in [2.05, 4.69) is 46.9 Å². The lowest BCUT2D eigenvalue weighted by atomic mass is 10.1. The molecule has 0 bridgehead atoms. The van der Waals surface area contributed by atoms with Crippen LogP contribution in [0, 0.1) is 0 Å². The largest absolute Gasteiger partial charge is 0.342 e. The van der Waals surface area contributed by atoms with Gasteiger partial charge in [0.05, 0.1) is 11.0 Å². The van der Waals surface area contributed by atoms with Crippen molar-refractivity contribution in [3.05, 3.63) is 29.6 Å². The van der Waals surface area contributed by atoms with E-state index >= 15 is 0 Å². The van der Waals surface area contributed by atoms with E-state index in [-0.39, 0.29) is 6.04 Å². The van der Waals surface area contributed by atoms with Gasteiger partial charge in [0.1, 0.15) is 5.82 Å². The molecule has 4 nitrogen and oxygen atoms in total. The van der Waals surface area contributed by atoms with Crippen molar-refractivity contribution in [3.8, 4) is 0 Å². The molecule has 1 atom stereocenters. The molecule has 2 rings (SSSR count). The first-order valence-corrected chi connectivity index (χ1v) is 6.39. The summed E-state index contributed by atoms with van der Waals surface area (Å²) in [5, 5.41) is 0. The molecule has 2 aromatic rings. The minimum absolute atomic E-state index is 0.250. The first kappa shape index (κ1) is 13.1. The zero-order chi connectivity index (χ0) is 13.3. The fourth-order valence-corrected chi connectivity index (χ4v) is 2.17. The van der Waals surface area contributed by atoms with E-state index in [9.17, 15) is 0 Å². The maximum absolute atomic E-state index is 5.84. The Balaban J connectivity index is 2.43. The number of H-pyrrole nitrogens is 1. The number of hydrogen-bond donors (Lipinski definition) is 2. The van der Waals surface area contributed by atoms with Crippen LogP contribution in [0.5, 0.6) is 0 Å². The van der Waals surface area contributed by atoms with Gasteiger partial charge in [-0.3, -0.25) is 0 Å². The number of aromatic nitrogens is 2. The van der Waals surface area contributed by atoms with E-state index in [1.54, 1.807) is 0 Å². The van der Waals surface area contributed by atoms with Gasteiger partial charge in [-0.25, -0.2) is 4.98 Å². The summed E-state index contributed by atoms with van der Waals surface area (Å²) in [6, 6.07) is 6.59. The summed E-state index contributed by atoms with van der Waals surface area (Å²) < 4.78 is 0. The van der Waals surface area contributed by atoms with Gasteiger partial charge in [0.2, 0.25) is 0 Å². The smallest absolute Gasteiger partial charge is 0.109 e. The topological polar surface area (TPSA) is 57.9 Å². The lowest BCUT2D eigenvalue weighted by molar-refractivity contribution is 0.306. The summed E-state index contributed by atoms with van der Waals surface area (Å²) in [4.78, 5) is 10.1. The van der Waals surface area contributed by atoms with Crippen LogP contribution in [0.3, 0.4) is 0 Å². The van der Waals surface area contributed by atoms with E-state index in [1.807, 2.05) is 14.1 Å². The molecule has 0 saturated heterocycles. The molecule has 0 saturated carbocycles. The number of nitrogens with one attached hydrogen (secondary N) is 1. The fraction of sp³-hybridized carbons (Fsp3) is 0.500. The van der Waals surface area contributed by atoms with Crippen molar-refractivity contribution in [1.82, 2.24) is 14.9 Å². The zero-order valence-electron chi connectivity index (χ0n) is 11.6. The van der Waals surface area contributed by atoms with E-state index < -0.39 is 0 Å².